The third kappa shape index (κ3) is 3.97. The van der Waals surface area contributed by atoms with Crippen LogP contribution in [0.4, 0.5) is 4.79 Å². The Morgan fingerprint density at radius 2 is 2.00 bits per heavy atom. The average molecular weight is 352 g/mol. The van der Waals surface area contributed by atoms with Crippen LogP contribution in [0.5, 0.6) is 0 Å². The first-order valence-corrected chi connectivity index (χ1v) is 9.28. The van der Waals surface area contributed by atoms with Crippen molar-refractivity contribution in [2.45, 2.75) is 71.4 Å². The largest absolute Gasteiger partial charge is 0.351 e. The van der Waals surface area contributed by atoms with Gasteiger partial charge in [0.1, 0.15) is 12.1 Å². The zero-order chi connectivity index (χ0) is 18.8. The summed E-state index contributed by atoms with van der Waals surface area (Å²) < 4.78 is 0. The number of rotatable bonds is 6. The van der Waals surface area contributed by atoms with E-state index in [4.69, 9.17) is 5.73 Å². The van der Waals surface area contributed by atoms with Crippen LogP contribution in [-0.4, -0.2) is 47.4 Å². The highest BCUT2D eigenvalue weighted by atomic mass is 16.2. The molecule has 0 aromatic carbocycles. The van der Waals surface area contributed by atoms with Gasteiger partial charge in [-0.1, -0.05) is 27.2 Å². The number of amides is 4. The molecule has 1 spiro atoms. The summed E-state index contributed by atoms with van der Waals surface area (Å²) >= 11 is 0. The first-order valence-electron chi connectivity index (χ1n) is 9.28. The van der Waals surface area contributed by atoms with Crippen molar-refractivity contribution in [2.24, 2.45) is 17.1 Å². The van der Waals surface area contributed by atoms with E-state index in [1.165, 1.54) is 0 Å². The standard InChI is InChI=1S/C18H32N4O3/c1-5-17(3,4)13-6-8-18(9-7-13)15(24)22(16(25)21-18)11-14(23)20-12(2)10-19/h12-13H,5-11,19H2,1-4H3,(H,20,23)(H,21,25)/t12-,13?,18?/m0/s1. The molecule has 2 rings (SSSR count). The second kappa shape index (κ2) is 7.32. The van der Waals surface area contributed by atoms with Gasteiger partial charge in [0, 0.05) is 12.6 Å². The number of nitrogens with zero attached hydrogens (tertiary/aromatic N) is 1. The van der Waals surface area contributed by atoms with Crippen LogP contribution >= 0.6 is 0 Å². The Labute approximate surface area is 150 Å². The van der Waals surface area contributed by atoms with Crippen molar-refractivity contribution in [3.63, 3.8) is 0 Å². The third-order valence-corrected chi connectivity index (χ3v) is 6.16. The molecule has 0 unspecified atom stereocenters. The minimum absolute atomic E-state index is 0.186. The second-order valence-corrected chi connectivity index (χ2v) is 8.22. The van der Waals surface area contributed by atoms with Gasteiger partial charge in [0.05, 0.1) is 0 Å². The second-order valence-electron chi connectivity index (χ2n) is 8.22. The van der Waals surface area contributed by atoms with Gasteiger partial charge >= 0.3 is 6.03 Å². The fourth-order valence-corrected chi connectivity index (χ4v) is 3.86. The lowest BCUT2D eigenvalue weighted by molar-refractivity contribution is -0.136. The van der Waals surface area contributed by atoms with Gasteiger partial charge in [-0.3, -0.25) is 14.5 Å². The monoisotopic (exact) mass is 352 g/mol. The van der Waals surface area contributed by atoms with E-state index in [-0.39, 0.29) is 29.8 Å². The highest BCUT2D eigenvalue weighted by molar-refractivity contribution is 6.09. The molecule has 1 atom stereocenters. The summed E-state index contributed by atoms with van der Waals surface area (Å²) in [4.78, 5) is 38.2. The van der Waals surface area contributed by atoms with Crippen LogP contribution in [0.1, 0.15) is 59.8 Å². The molecule has 2 fully saturated rings. The summed E-state index contributed by atoms with van der Waals surface area (Å²) in [5.74, 6) is -0.0734. The minimum Gasteiger partial charge on any atom is -0.351 e. The number of urea groups is 1. The van der Waals surface area contributed by atoms with Gasteiger partial charge in [0.2, 0.25) is 5.91 Å². The maximum absolute atomic E-state index is 12.8. The molecule has 1 aliphatic heterocycles. The molecule has 1 saturated heterocycles. The number of nitrogens with two attached hydrogens (primary N) is 1. The molecule has 1 heterocycles. The maximum atomic E-state index is 12.8. The topological polar surface area (TPSA) is 105 Å². The van der Waals surface area contributed by atoms with Crippen molar-refractivity contribution < 1.29 is 14.4 Å². The normalized spacial score (nSPS) is 28.2. The molecule has 25 heavy (non-hydrogen) atoms. The summed E-state index contributed by atoms with van der Waals surface area (Å²) in [5.41, 5.74) is 4.90. The summed E-state index contributed by atoms with van der Waals surface area (Å²) in [7, 11) is 0. The van der Waals surface area contributed by atoms with Crippen molar-refractivity contribution in [2.75, 3.05) is 13.1 Å². The van der Waals surface area contributed by atoms with Crippen LogP contribution in [0.2, 0.25) is 0 Å². The Bertz CT molecular complexity index is 538. The SMILES string of the molecule is CCC(C)(C)C1CCC2(CC1)NC(=O)N(CC(=O)N[C@@H](C)CN)C2=O. The Morgan fingerprint density at radius 3 is 2.52 bits per heavy atom. The Morgan fingerprint density at radius 1 is 1.40 bits per heavy atom. The van der Waals surface area contributed by atoms with Gasteiger partial charge in [-0.2, -0.15) is 0 Å². The molecule has 0 radical (unpaired) electrons. The van der Waals surface area contributed by atoms with Gasteiger partial charge in [0.15, 0.2) is 0 Å². The summed E-state index contributed by atoms with van der Waals surface area (Å²) in [6, 6.07) is -0.650. The number of carbonyl (C=O) groups excluding carboxylic acids is 3. The lowest BCUT2D eigenvalue weighted by atomic mass is 9.65. The first kappa shape index (κ1) is 19.7. The molecular formula is C18H32N4O3. The predicted octanol–water partition coefficient (Wildman–Crippen LogP) is 1.37. The van der Waals surface area contributed by atoms with Crippen LogP contribution in [0.15, 0.2) is 0 Å². The molecular weight excluding hydrogens is 320 g/mol. The highest BCUT2D eigenvalue weighted by Crippen LogP contribution is 2.45. The molecule has 1 saturated carbocycles. The number of hydrogen-bond donors (Lipinski definition) is 3. The molecule has 142 valence electrons. The molecule has 0 bridgehead atoms. The molecule has 4 amide bonds. The molecule has 0 aromatic rings. The van der Waals surface area contributed by atoms with Crippen LogP contribution in [0.25, 0.3) is 0 Å². The minimum atomic E-state index is -0.822. The lowest BCUT2D eigenvalue weighted by Gasteiger charge is -2.42. The molecule has 0 aromatic heterocycles. The van der Waals surface area contributed by atoms with Gasteiger partial charge in [-0.05, 0) is 43.9 Å². The van der Waals surface area contributed by atoms with E-state index in [0.717, 1.165) is 24.2 Å². The van der Waals surface area contributed by atoms with E-state index in [0.29, 0.717) is 25.3 Å². The number of hydrogen-bond acceptors (Lipinski definition) is 4. The fourth-order valence-electron chi connectivity index (χ4n) is 3.86. The highest BCUT2D eigenvalue weighted by Gasteiger charge is 2.53. The van der Waals surface area contributed by atoms with E-state index in [2.05, 4.69) is 31.4 Å². The van der Waals surface area contributed by atoms with E-state index in [9.17, 15) is 14.4 Å². The number of carbonyl (C=O) groups is 3. The quantitative estimate of drug-likeness (QED) is 0.628. The van der Waals surface area contributed by atoms with Crippen molar-refractivity contribution >= 4 is 17.8 Å². The molecule has 7 nitrogen and oxygen atoms in total. The summed E-state index contributed by atoms with van der Waals surface area (Å²) in [6.07, 6.45) is 4.21. The Balaban J connectivity index is 2.00. The van der Waals surface area contributed by atoms with Crippen LogP contribution in [-0.2, 0) is 9.59 Å². The fraction of sp³-hybridized carbons (Fsp3) is 0.833. The third-order valence-electron chi connectivity index (χ3n) is 6.16. The van der Waals surface area contributed by atoms with E-state index >= 15 is 0 Å². The number of imide groups is 1. The molecule has 2 aliphatic rings. The maximum Gasteiger partial charge on any atom is 0.325 e. The lowest BCUT2D eigenvalue weighted by Crippen LogP contribution is -2.51. The predicted molar refractivity (Wildman–Crippen MR) is 95.7 cm³/mol. The van der Waals surface area contributed by atoms with Crippen molar-refractivity contribution in [1.29, 1.82) is 0 Å². The van der Waals surface area contributed by atoms with E-state index < -0.39 is 11.6 Å². The Hall–Kier alpha value is -1.63. The molecule has 1 aliphatic carbocycles. The smallest absolute Gasteiger partial charge is 0.325 e. The van der Waals surface area contributed by atoms with Gasteiger partial charge in [-0.25, -0.2) is 4.79 Å². The zero-order valence-electron chi connectivity index (χ0n) is 15.9. The summed E-state index contributed by atoms with van der Waals surface area (Å²) in [5, 5.41) is 5.55. The van der Waals surface area contributed by atoms with Crippen LogP contribution in [0.3, 0.4) is 0 Å². The zero-order valence-corrected chi connectivity index (χ0v) is 15.9. The van der Waals surface area contributed by atoms with E-state index in [1.807, 2.05) is 0 Å². The van der Waals surface area contributed by atoms with Crippen LogP contribution < -0.4 is 16.4 Å². The first-order chi connectivity index (χ1) is 11.6. The molecule has 4 N–H and O–H groups in total. The van der Waals surface area contributed by atoms with E-state index in [1.54, 1.807) is 6.92 Å². The number of nitrogens with one attached hydrogen (secondary N) is 2. The van der Waals surface area contributed by atoms with Crippen molar-refractivity contribution in [1.82, 2.24) is 15.5 Å². The van der Waals surface area contributed by atoms with Crippen molar-refractivity contribution in [3.05, 3.63) is 0 Å². The molecule has 7 heteroatoms. The average Bonchev–Trinajstić information content (AvgIpc) is 2.79. The van der Waals surface area contributed by atoms with Crippen molar-refractivity contribution in [3.8, 4) is 0 Å². The van der Waals surface area contributed by atoms with Gasteiger partial charge in [-0.15, -0.1) is 0 Å². The Kier molecular flexibility index (Phi) is 5.76. The van der Waals surface area contributed by atoms with Crippen LogP contribution in [0, 0.1) is 11.3 Å². The van der Waals surface area contributed by atoms with Gasteiger partial charge < -0.3 is 16.4 Å². The van der Waals surface area contributed by atoms with Gasteiger partial charge in [0.25, 0.3) is 5.91 Å². The summed E-state index contributed by atoms with van der Waals surface area (Å²) in [6.45, 7) is 8.56.